The van der Waals surface area contributed by atoms with Crippen LogP contribution in [0.1, 0.15) is 16.8 Å². The fraction of sp³-hybridized carbons (Fsp3) is 0.278. The fourth-order valence-corrected chi connectivity index (χ4v) is 2.92. The van der Waals surface area contributed by atoms with Gasteiger partial charge in [-0.1, -0.05) is 12.1 Å². The number of nitrogen functional groups attached to an aromatic ring is 1. The molecule has 1 fully saturated rings. The molecule has 23 heavy (non-hydrogen) atoms. The van der Waals surface area contributed by atoms with Crippen LogP contribution in [-0.4, -0.2) is 25.5 Å². The van der Waals surface area contributed by atoms with Crippen LogP contribution >= 0.6 is 0 Å². The highest BCUT2D eigenvalue weighted by Gasteiger charge is 2.23. The van der Waals surface area contributed by atoms with Gasteiger partial charge in [0.25, 0.3) is 5.91 Å². The predicted octanol–water partition coefficient (Wildman–Crippen LogP) is 2.66. The van der Waals surface area contributed by atoms with Gasteiger partial charge < -0.3 is 16.0 Å². The minimum Gasteiger partial charge on any atom is -0.398 e. The third kappa shape index (κ3) is 3.62. The van der Waals surface area contributed by atoms with E-state index in [1.165, 1.54) is 12.1 Å². The number of amides is 1. The van der Waals surface area contributed by atoms with Crippen molar-refractivity contribution in [2.45, 2.75) is 6.42 Å². The zero-order valence-corrected chi connectivity index (χ0v) is 12.8. The number of nitrogens with two attached hydrogens (primary N) is 1. The summed E-state index contributed by atoms with van der Waals surface area (Å²) in [5.74, 6) is 0.0227. The molecule has 0 bridgehead atoms. The molecule has 1 heterocycles. The molecule has 4 nitrogen and oxygen atoms in total. The number of carbonyl (C=O) groups excluding carboxylic acids is 1. The molecule has 0 aliphatic carbocycles. The molecule has 0 saturated carbocycles. The van der Waals surface area contributed by atoms with Gasteiger partial charge in [0.05, 0.1) is 5.56 Å². The van der Waals surface area contributed by atoms with E-state index in [1.807, 2.05) is 6.07 Å². The Morgan fingerprint density at radius 2 is 1.96 bits per heavy atom. The van der Waals surface area contributed by atoms with Gasteiger partial charge in [0.1, 0.15) is 5.82 Å². The number of carbonyl (C=O) groups is 1. The monoisotopic (exact) mass is 313 g/mol. The van der Waals surface area contributed by atoms with Crippen molar-refractivity contribution in [1.82, 2.24) is 5.32 Å². The van der Waals surface area contributed by atoms with Crippen molar-refractivity contribution >= 4 is 17.3 Å². The van der Waals surface area contributed by atoms with Gasteiger partial charge in [0.2, 0.25) is 0 Å². The van der Waals surface area contributed by atoms with Crippen molar-refractivity contribution in [1.29, 1.82) is 0 Å². The summed E-state index contributed by atoms with van der Waals surface area (Å²) in [5, 5.41) is 2.96. The predicted molar refractivity (Wildman–Crippen MR) is 89.9 cm³/mol. The van der Waals surface area contributed by atoms with Gasteiger partial charge in [-0.25, -0.2) is 4.39 Å². The number of halogens is 1. The van der Waals surface area contributed by atoms with E-state index in [4.69, 9.17) is 5.73 Å². The number of anilines is 2. The summed E-state index contributed by atoms with van der Waals surface area (Å²) >= 11 is 0. The quantitative estimate of drug-likeness (QED) is 0.853. The summed E-state index contributed by atoms with van der Waals surface area (Å²) in [6.45, 7) is 2.39. The van der Waals surface area contributed by atoms with Gasteiger partial charge in [0, 0.05) is 31.0 Å². The van der Waals surface area contributed by atoms with E-state index in [-0.39, 0.29) is 11.7 Å². The molecule has 1 atom stereocenters. The topological polar surface area (TPSA) is 58.4 Å². The Morgan fingerprint density at radius 3 is 2.70 bits per heavy atom. The molecule has 0 aromatic heterocycles. The van der Waals surface area contributed by atoms with Crippen LogP contribution in [-0.2, 0) is 0 Å². The lowest BCUT2D eigenvalue weighted by molar-refractivity contribution is 0.0949. The molecule has 2 aromatic rings. The second kappa shape index (κ2) is 6.69. The van der Waals surface area contributed by atoms with Gasteiger partial charge in [-0.05, 0) is 48.7 Å². The number of rotatable bonds is 4. The molecule has 3 rings (SSSR count). The molecule has 1 aliphatic rings. The Morgan fingerprint density at radius 1 is 1.22 bits per heavy atom. The highest BCUT2D eigenvalue weighted by atomic mass is 19.1. The minimum atomic E-state index is -0.225. The van der Waals surface area contributed by atoms with Crippen LogP contribution in [0.2, 0.25) is 0 Å². The normalized spacial score (nSPS) is 17.3. The molecule has 1 aliphatic heterocycles. The van der Waals surface area contributed by atoms with Crippen LogP contribution in [0.15, 0.2) is 48.5 Å². The van der Waals surface area contributed by atoms with E-state index in [9.17, 15) is 9.18 Å². The van der Waals surface area contributed by atoms with E-state index in [0.717, 1.165) is 25.2 Å². The third-order valence-electron chi connectivity index (χ3n) is 4.23. The maximum atomic E-state index is 13.0. The first-order valence-electron chi connectivity index (χ1n) is 7.76. The zero-order chi connectivity index (χ0) is 16.2. The molecule has 0 radical (unpaired) electrons. The molecule has 5 heteroatoms. The Hall–Kier alpha value is -2.56. The Bertz CT molecular complexity index is 687. The van der Waals surface area contributed by atoms with E-state index in [1.54, 1.807) is 30.3 Å². The van der Waals surface area contributed by atoms with E-state index in [2.05, 4.69) is 10.2 Å². The lowest BCUT2D eigenvalue weighted by atomic mass is 10.1. The lowest BCUT2D eigenvalue weighted by Gasteiger charge is -2.19. The molecule has 3 N–H and O–H groups in total. The highest BCUT2D eigenvalue weighted by molar-refractivity contribution is 5.99. The maximum absolute atomic E-state index is 13.0. The fourth-order valence-electron chi connectivity index (χ4n) is 2.92. The second-order valence-corrected chi connectivity index (χ2v) is 5.87. The molecule has 1 unspecified atom stereocenters. The minimum absolute atomic E-state index is 0.136. The van der Waals surface area contributed by atoms with Crippen LogP contribution in [0.4, 0.5) is 15.8 Å². The van der Waals surface area contributed by atoms with Crippen LogP contribution < -0.4 is 16.0 Å². The largest absolute Gasteiger partial charge is 0.398 e. The van der Waals surface area contributed by atoms with Crippen LogP contribution in [0, 0.1) is 11.7 Å². The van der Waals surface area contributed by atoms with Crippen LogP contribution in [0.25, 0.3) is 0 Å². The second-order valence-electron chi connectivity index (χ2n) is 5.87. The number of para-hydroxylation sites is 1. The average molecular weight is 313 g/mol. The van der Waals surface area contributed by atoms with E-state index in [0.29, 0.717) is 23.7 Å². The smallest absolute Gasteiger partial charge is 0.253 e. The van der Waals surface area contributed by atoms with Crippen molar-refractivity contribution in [3.8, 4) is 0 Å². The lowest BCUT2D eigenvalue weighted by Crippen LogP contribution is -2.31. The first kappa shape index (κ1) is 15.3. The van der Waals surface area contributed by atoms with Gasteiger partial charge in [0.15, 0.2) is 0 Å². The summed E-state index contributed by atoms with van der Waals surface area (Å²) in [6, 6.07) is 13.6. The highest BCUT2D eigenvalue weighted by Crippen LogP contribution is 2.23. The summed E-state index contributed by atoms with van der Waals surface area (Å²) < 4.78 is 13.0. The summed E-state index contributed by atoms with van der Waals surface area (Å²) in [5.41, 5.74) is 7.84. The molecule has 1 amide bonds. The van der Waals surface area contributed by atoms with Gasteiger partial charge in [-0.15, -0.1) is 0 Å². The molecular weight excluding hydrogens is 293 g/mol. The molecule has 1 saturated heterocycles. The first-order valence-corrected chi connectivity index (χ1v) is 7.76. The molecule has 120 valence electrons. The van der Waals surface area contributed by atoms with E-state index < -0.39 is 0 Å². The molecule has 2 aromatic carbocycles. The summed E-state index contributed by atoms with van der Waals surface area (Å²) in [6.07, 6.45) is 1.00. The molecular formula is C18H20FN3O. The number of nitrogens with zero attached hydrogens (tertiary/aromatic N) is 1. The zero-order valence-electron chi connectivity index (χ0n) is 12.8. The number of benzene rings is 2. The SMILES string of the molecule is Nc1ccccc1C(=O)NCC1CCN(c2ccc(F)cc2)C1. The standard InChI is InChI=1S/C18H20FN3O/c19-14-5-7-15(8-6-14)22-10-9-13(12-22)11-21-18(23)16-3-1-2-4-17(16)20/h1-8,13H,9-12,20H2,(H,21,23). The average Bonchev–Trinajstić information content (AvgIpc) is 3.03. The Kier molecular flexibility index (Phi) is 4.46. The van der Waals surface area contributed by atoms with Gasteiger partial charge in [-0.2, -0.15) is 0 Å². The van der Waals surface area contributed by atoms with Gasteiger partial charge >= 0.3 is 0 Å². The van der Waals surface area contributed by atoms with Crippen molar-refractivity contribution in [3.63, 3.8) is 0 Å². The summed E-state index contributed by atoms with van der Waals surface area (Å²) in [7, 11) is 0. The van der Waals surface area contributed by atoms with Crippen molar-refractivity contribution in [3.05, 3.63) is 59.9 Å². The molecule has 0 spiro atoms. The van der Waals surface area contributed by atoms with E-state index >= 15 is 0 Å². The van der Waals surface area contributed by atoms with Gasteiger partial charge in [-0.3, -0.25) is 4.79 Å². The Labute approximate surface area is 135 Å². The van der Waals surface area contributed by atoms with Crippen molar-refractivity contribution in [2.75, 3.05) is 30.3 Å². The maximum Gasteiger partial charge on any atom is 0.253 e. The summed E-state index contributed by atoms with van der Waals surface area (Å²) in [4.78, 5) is 14.4. The van der Waals surface area contributed by atoms with Crippen molar-refractivity contribution < 1.29 is 9.18 Å². The number of hydrogen-bond acceptors (Lipinski definition) is 3. The first-order chi connectivity index (χ1) is 11.1. The van der Waals surface area contributed by atoms with Crippen LogP contribution in [0.5, 0.6) is 0 Å². The number of hydrogen-bond donors (Lipinski definition) is 2. The Balaban J connectivity index is 1.53. The number of nitrogens with one attached hydrogen (secondary N) is 1. The van der Waals surface area contributed by atoms with Crippen LogP contribution in [0.3, 0.4) is 0 Å². The van der Waals surface area contributed by atoms with Crippen molar-refractivity contribution in [2.24, 2.45) is 5.92 Å². The third-order valence-corrected chi connectivity index (χ3v) is 4.23.